The van der Waals surface area contributed by atoms with E-state index in [9.17, 15) is 0 Å². The van der Waals surface area contributed by atoms with E-state index < -0.39 is 6.85 Å². The van der Waals surface area contributed by atoms with Gasteiger partial charge in [0.05, 0.1) is 10.9 Å². The summed E-state index contributed by atoms with van der Waals surface area (Å²) in [7, 11) is 1.86. The highest BCUT2D eigenvalue weighted by atomic mass is 16.3. The average Bonchev–Trinajstić information content (AvgIpc) is 2.93. The van der Waals surface area contributed by atoms with E-state index in [1.807, 2.05) is 48.9 Å². The lowest BCUT2D eigenvalue weighted by molar-refractivity contribution is -0.660. The fraction of sp³-hybridized carbons (Fsp3) is 0.158. The molecule has 0 fully saturated rings. The van der Waals surface area contributed by atoms with Gasteiger partial charge >= 0.3 is 0 Å². The van der Waals surface area contributed by atoms with Crippen LogP contribution < -0.4 is 4.57 Å². The second-order valence-electron chi connectivity index (χ2n) is 5.51. The van der Waals surface area contributed by atoms with Crippen LogP contribution in [0.3, 0.4) is 0 Å². The van der Waals surface area contributed by atoms with Crippen molar-refractivity contribution < 1.29 is 13.1 Å². The predicted molar refractivity (Wildman–Crippen MR) is 87.6 cm³/mol. The summed E-state index contributed by atoms with van der Waals surface area (Å²) in [5.74, 6) is 0. The third kappa shape index (κ3) is 1.82. The summed E-state index contributed by atoms with van der Waals surface area (Å²) in [6, 6.07) is 11.4. The number of hydrogen-bond donors (Lipinski definition) is 0. The van der Waals surface area contributed by atoms with Crippen molar-refractivity contribution in [3.05, 3.63) is 59.9 Å². The van der Waals surface area contributed by atoms with Gasteiger partial charge in [-0.15, -0.1) is 0 Å². The molecule has 0 aliphatic rings. The molecular weight excluding hydrogens is 272 g/mol. The number of furan rings is 1. The molecule has 0 aliphatic carbocycles. The van der Waals surface area contributed by atoms with E-state index in [1.54, 1.807) is 18.5 Å². The molecule has 0 radical (unpaired) electrons. The van der Waals surface area contributed by atoms with Gasteiger partial charge in [-0.3, -0.25) is 0 Å². The number of nitrogens with zero attached hydrogens (tertiary/aromatic N) is 2. The first-order valence-electron chi connectivity index (χ1n) is 8.63. The SMILES string of the molecule is [2H]C([2H])([2H])c1ccc(-c2c(C)cnc3oc4ccccc4c23)[n+](C)c1. The van der Waals surface area contributed by atoms with Crippen molar-refractivity contribution in [3.63, 3.8) is 0 Å². The molecule has 3 heterocycles. The number of fused-ring (bicyclic) bond motifs is 3. The first-order valence-corrected chi connectivity index (χ1v) is 7.13. The number of rotatable bonds is 1. The van der Waals surface area contributed by atoms with E-state index in [0.29, 0.717) is 11.3 Å². The van der Waals surface area contributed by atoms with Crippen molar-refractivity contribution in [3.8, 4) is 11.3 Å². The summed E-state index contributed by atoms with van der Waals surface area (Å²) in [4.78, 5) is 4.42. The van der Waals surface area contributed by atoms with Crippen LogP contribution in [0.15, 0.2) is 53.2 Å². The minimum absolute atomic E-state index is 0.318. The topological polar surface area (TPSA) is 29.9 Å². The Kier molecular flexibility index (Phi) is 2.15. The van der Waals surface area contributed by atoms with Gasteiger partial charge in [-0.25, -0.2) is 9.55 Å². The highest BCUT2D eigenvalue weighted by Crippen LogP contribution is 2.36. The Hall–Kier alpha value is -2.68. The highest BCUT2D eigenvalue weighted by molar-refractivity contribution is 6.11. The number of para-hydroxylation sites is 1. The smallest absolute Gasteiger partial charge is 0.228 e. The Morgan fingerprint density at radius 1 is 1.18 bits per heavy atom. The van der Waals surface area contributed by atoms with Crippen molar-refractivity contribution in [2.75, 3.05) is 0 Å². The minimum atomic E-state index is -2.12. The van der Waals surface area contributed by atoms with E-state index in [0.717, 1.165) is 33.2 Å². The molecule has 4 rings (SSSR count). The largest absolute Gasteiger partial charge is 0.438 e. The van der Waals surface area contributed by atoms with Crippen LogP contribution in [-0.4, -0.2) is 4.98 Å². The number of benzene rings is 1. The Morgan fingerprint density at radius 3 is 2.86 bits per heavy atom. The second-order valence-corrected chi connectivity index (χ2v) is 5.51. The Balaban J connectivity index is 2.06. The molecule has 0 unspecified atom stereocenters. The third-order valence-corrected chi connectivity index (χ3v) is 3.99. The van der Waals surface area contributed by atoms with Crippen molar-refractivity contribution in [1.29, 1.82) is 0 Å². The van der Waals surface area contributed by atoms with E-state index in [-0.39, 0.29) is 0 Å². The summed E-state index contributed by atoms with van der Waals surface area (Å²) in [6.45, 7) is -0.123. The Labute approximate surface area is 133 Å². The third-order valence-electron chi connectivity index (χ3n) is 3.99. The molecule has 0 spiro atoms. The van der Waals surface area contributed by atoms with Crippen LogP contribution in [0.25, 0.3) is 33.3 Å². The Morgan fingerprint density at radius 2 is 2.05 bits per heavy atom. The summed E-state index contributed by atoms with van der Waals surface area (Å²) in [6.07, 6.45) is 3.45. The first kappa shape index (κ1) is 10.1. The molecule has 0 aliphatic heterocycles. The maximum Gasteiger partial charge on any atom is 0.228 e. The molecule has 0 atom stereocenters. The minimum Gasteiger partial charge on any atom is -0.438 e. The zero-order valence-electron chi connectivity index (χ0n) is 15.4. The molecule has 1 aromatic carbocycles. The predicted octanol–water partition coefficient (Wildman–Crippen LogP) is 4.09. The van der Waals surface area contributed by atoms with Gasteiger partial charge in [0.1, 0.15) is 12.6 Å². The monoisotopic (exact) mass is 292 g/mol. The Bertz CT molecular complexity index is 1110. The van der Waals surface area contributed by atoms with E-state index in [2.05, 4.69) is 4.98 Å². The maximum atomic E-state index is 7.60. The summed E-state index contributed by atoms with van der Waals surface area (Å²) in [5.41, 5.74) is 4.63. The van der Waals surface area contributed by atoms with Gasteiger partial charge in [0.25, 0.3) is 0 Å². The van der Waals surface area contributed by atoms with Crippen LogP contribution in [0.5, 0.6) is 0 Å². The van der Waals surface area contributed by atoms with Gasteiger partial charge in [0, 0.05) is 27.3 Å². The lowest BCUT2D eigenvalue weighted by Gasteiger charge is -2.06. The summed E-state index contributed by atoms with van der Waals surface area (Å²) < 4.78 is 30.5. The molecule has 22 heavy (non-hydrogen) atoms. The summed E-state index contributed by atoms with van der Waals surface area (Å²) >= 11 is 0. The quantitative estimate of drug-likeness (QED) is 0.495. The maximum absolute atomic E-state index is 7.60. The van der Waals surface area contributed by atoms with Gasteiger partial charge in [0.15, 0.2) is 6.20 Å². The molecule has 0 bridgehead atoms. The lowest BCUT2D eigenvalue weighted by Crippen LogP contribution is -2.31. The van der Waals surface area contributed by atoms with Gasteiger partial charge < -0.3 is 4.42 Å². The molecule has 0 saturated carbocycles. The van der Waals surface area contributed by atoms with Crippen molar-refractivity contribution in [2.45, 2.75) is 13.8 Å². The first-order chi connectivity index (χ1) is 11.9. The number of aryl methyl sites for hydroxylation is 3. The molecule has 0 amide bonds. The highest BCUT2D eigenvalue weighted by Gasteiger charge is 2.20. The lowest BCUT2D eigenvalue weighted by atomic mass is 10.0. The zero-order valence-corrected chi connectivity index (χ0v) is 12.4. The standard InChI is InChI=1S/C19H17N2O/c1-12-8-9-15(21(3)11-12)17-13(2)10-20-19-18(17)14-6-4-5-7-16(14)22-19/h4-11H,1-3H3/q+1/i1D3. The van der Waals surface area contributed by atoms with Crippen molar-refractivity contribution >= 4 is 22.1 Å². The van der Waals surface area contributed by atoms with Gasteiger partial charge in [-0.2, -0.15) is 0 Å². The fourth-order valence-electron chi connectivity index (χ4n) is 2.98. The molecule has 3 aromatic heterocycles. The van der Waals surface area contributed by atoms with Gasteiger partial charge in [-0.1, -0.05) is 18.2 Å². The molecule has 108 valence electrons. The summed E-state index contributed by atoms with van der Waals surface area (Å²) in [5, 5.41) is 1.96. The second kappa shape index (κ2) is 4.67. The molecule has 4 aromatic rings. The van der Waals surface area contributed by atoms with Gasteiger partial charge in [-0.05, 0) is 31.5 Å². The fourth-order valence-corrected chi connectivity index (χ4v) is 2.98. The van der Waals surface area contributed by atoms with E-state index >= 15 is 0 Å². The van der Waals surface area contributed by atoms with E-state index in [4.69, 9.17) is 8.53 Å². The van der Waals surface area contributed by atoms with Crippen LogP contribution in [0.4, 0.5) is 0 Å². The van der Waals surface area contributed by atoms with Gasteiger partial charge in [0.2, 0.25) is 11.4 Å². The van der Waals surface area contributed by atoms with Crippen molar-refractivity contribution in [1.82, 2.24) is 4.98 Å². The molecular formula is C19H17N2O+. The van der Waals surface area contributed by atoms with E-state index in [1.165, 1.54) is 0 Å². The van der Waals surface area contributed by atoms with Crippen LogP contribution in [0.1, 0.15) is 15.2 Å². The molecule has 0 saturated heterocycles. The normalized spacial score (nSPS) is 14.0. The molecule has 3 heteroatoms. The molecule has 3 nitrogen and oxygen atoms in total. The van der Waals surface area contributed by atoms with Crippen LogP contribution in [0, 0.1) is 13.8 Å². The van der Waals surface area contributed by atoms with Crippen LogP contribution >= 0.6 is 0 Å². The number of hydrogen-bond acceptors (Lipinski definition) is 2. The van der Waals surface area contributed by atoms with Crippen molar-refractivity contribution in [2.24, 2.45) is 7.05 Å². The molecule has 0 N–H and O–H groups in total. The van der Waals surface area contributed by atoms with Crippen LogP contribution in [-0.2, 0) is 7.05 Å². The number of aromatic nitrogens is 2. The average molecular weight is 292 g/mol. The zero-order chi connectivity index (χ0) is 17.8. The number of pyridine rings is 2. The van der Waals surface area contributed by atoms with Crippen LogP contribution in [0.2, 0.25) is 0 Å².